The predicted octanol–water partition coefficient (Wildman–Crippen LogP) is 3.99. The Bertz CT molecular complexity index is 557. The summed E-state index contributed by atoms with van der Waals surface area (Å²) < 4.78 is 0. The summed E-state index contributed by atoms with van der Waals surface area (Å²) in [7, 11) is 0. The van der Waals surface area contributed by atoms with Crippen LogP contribution in [0.25, 0.3) is 10.9 Å². The number of halogens is 2. The first-order chi connectivity index (χ1) is 7.00. The molecule has 0 aliphatic rings. The molecule has 78 valence electrons. The average Bonchev–Trinajstić information content (AvgIpc) is 2.41. The zero-order valence-corrected chi connectivity index (χ0v) is 9.83. The minimum atomic E-state index is 0.0112. The Hall–Kier alpha value is -0.990. The maximum absolute atomic E-state index is 11.5. The predicted molar refractivity (Wildman–Crippen MR) is 63.1 cm³/mol. The lowest BCUT2D eigenvalue weighted by Gasteiger charge is -1.97. The number of aromatic nitrogens is 1. The monoisotopic (exact) mass is 241 g/mol. The smallest absolute Gasteiger partial charge is 0.162 e. The molecule has 1 heterocycles. The maximum Gasteiger partial charge on any atom is 0.162 e. The van der Waals surface area contributed by atoms with Crippen LogP contribution in [-0.2, 0) is 0 Å². The van der Waals surface area contributed by atoms with Crippen LogP contribution in [-0.4, -0.2) is 10.8 Å². The van der Waals surface area contributed by atoms with Crippen molar-refractivity contribution in [2.24, 2.45) is 0 Å². The Labute approximate surface area is 97.2 Å². The van der Waals surface area contributed by atoms with Crippen LogP contribution in [0.1, 0.15) is 23.0 Å². The highest BCUT2D eigenvalue weighted by Crippen LogP contribution is 2.31. The fourth-order valence-corrected chi connectivity index (χ4v) is 2.34. The molecular weight excluding hydrogens is 233 g/mol. The summed E-state index contributed by atoms with van der Waals surface area (Å²) >= 11 is 11.9. The second-order valence-corrected chi connectivity index (χ2v) is 4.33. The summed E-state index contributed by atoms with van der Waals surface area (Å²) in [6.07, 6.45) is 0. The van der Waals surface area contributed by atoms with Crippen LogP contribution in [0.2, 0.25) is 10.0 Å². The summed E-state index contributed by atoms with van der Waals surface area (Å²) in [5, 5.41) is 1.86. The molecule has 0 amide bonds. The number of fused-ring (bicyclic) bond motifs is 1. The molecule has 1 aromatic heterocycles. The number of rotatable bonds is 1. The third kappa shape index (κ3) is 1.64. The van der Waals surface area contributed by atoms with Crippen LogP contribution in [0.5, 0.6) is 0 Å². The lowest BCUT2D eigenvalue weighted by molar-refractivity contribution is 0.101. The van der Waals surface area contributed by atoms with Crippen molar-refractivity contribution in [2.45, 2.75) is 13.8 Å². The van der Waals surface area contributed by atoms with E-state index in [1.165, 1.54) is 6.92 Å². The van der Waals surface area contributed by atoms with Crippen molar-refractivity contribution < 1.29 is 4.79 Å². The Kier molecular flexibility index (Phi) is 2.49. The fourth-order valence-electron chi connectivity index (χ4n) is 1.80. The van der Waals surface area contributed by atoms with Crippen molar-refractivity contribution in [3.8, 4) is 0 Å². The molecule has 4 heteroatoms. The van der Waals surface area contributed by atoms with Gasteiger partial charge in [0.05, 0.1) is 10.5 Å². The van der Waals surface area contributed by atoms with Crippen LogP contribution in [0.15, 0.2) is 12.1 Å². The topological polar surface area (TPSA) is 32.9 Å². The molecule has 15 heavy (non-hydrogen) atoms. The SMILES string of the molecule is CC(=O)c1c(C)[nH]c2c(Cl)cc(Cl)cc12. The maximum atomic E-state index is 11.5. The molecule has 0 saturated carbocycles. The number of hydrogen-bond donors (Lipinski definition) is 1. The quantitative estimate of drug-likeness (QED) is 0.753. The van der Waals surface area contributed by atoms with Gasteiger partial charge < -0.3 is 4.98 Å². The first-order valence-corrected chi connectivity index (χ1v) is 5.24. The number of hydrogen-bond acceptors (Lipinski definition) is 1. The van der Waals surface area contributed by atoms with Gasteiger partial charge in [0.2, 0.25) is 0 Å². The Morgan fingerprint density at radius 3 is 2.60 bits per heavy atom. The van der Waals surface area contributed by atoms with E-state index in [1.54, 1.807) is 12.1 Å². The van der Waals surface area contributed by atoms with Gasteiger partial charge >= 0.3 is 0 Å². The van der Waals surface area contributed by atoms with Crippen molar-refractivity contribution in [1.82, 2.24) is 4.98 Å². The van der Waals surface area contributed by atoms with Crippen molar-refractivity contribution in [1.29, 1.82) is 0 Å². The van der Waals surface area contributed by atoms with Gasteiger partial charge in [-0.05, 0) is 26.0 Å². The van der Waals surface area contributed by atoms with E-state index in [9.17, 15) is 4.79 Å². The third-order valence-electron chi connectivity index (χ3n) is 2.36. The van der Waals surface area contributed by atoms with E-state index in [0.717, 1.165) is 16.6 Å². The van der Waals surface area contributed by atoms with Gasteiger partial charge in [-0.3, -0.25) is 4.79 Å². The molecule has 0 fully saturated rings. The van der Waals surface area contributed by atoms with Crippen LogP contribution in [0, 0.1) is 6.92 Å². The number of aryl methyl sites for hydroxylation is 1. The van der Waals surface area contributed by atoms with Gasteiger partial charge in [-0.1, -0.05) is 23.2 Å². The zero-order valence-electron chi connectivity index (χ0n) is 8.32. The molecule has 0 saturated heterocycles. The fraction of sp³-hybridized carbons (Fsp3) is 0.182. The number of Topliss-reactive ketones (excluding diaryl/α,β-unsaturated/α-hetero) is 1. The second-order valence-electron chi connectivity index (χ2n) is 3.49. The molecule has 0 bridgehead atoms. The number of aromatic amines is 1. The summed E-state index contributed by atoms with van der Waals surface area (Å²) in [6, 6.07) is 3.41. The molecule has 0 spiro atoms. The molecule has 2 aromatic rings. The van der Waals surface area contributed by atoms with Crippen molar-refractivity contribution in [3.05, 3.63) is 33.4 Å². The minimum absolute atomic E-state index is 0.0112. The molecular formula is C11H9Cl2NO. The van der Waals surface area contributed by atoms with Crippen LogP contribution in [0.4, 0.5) is 0 Å². The van der Waals surface area contributed by atoms with Crippen LogP contribution in [0.3, 0.4) is 0 Å². The van der Waals surface area contributed by atoms with E-state index in [-0.39, 0.29) is 5.78 Å². The molecule has 0 aliphatic heterocycles. The molecule has 2 rings (SSSR count). The Morgan fingerprint density at radius 2 is 2.00 bits per heavy atom. The normalized spacial score (nSPS) is 10.9. The van der Waals surface area contributed by atoms with Crippen molar-refractivity contribution in [2.75, 3.05) is 0 Å². The lowest BCUT2D eigenvalue weighted by Crippen LogP contribution is -1.92. The standard InChI is InChI=1S/C11H9Cl2NO/c1-5-10(6(2)15)8-3-7(12)4-9(13)11(8)14-5/h3-4,14H,1-2H3. The number of carbonyl (C=O) groups excluding carboxylic acids is 1. The summed E-state index contributed by atoms with van der Waals surface area (Å²) in [5.74, 6) is 0.0112. The molecule has 0 radical (unpaired) electrons. The van der Waals surface area contributed by atoms with Gasteiger partial charge in [-0.25, -0.2) is 0 Å². The highest BCUT2D eigenvalue weighted by Gasteiger charge is 2.14. The number of H-pyrrole nitrogens is 1. The van der Waals surface area contributed by atoms with Crippen molar-refractivity contribution >= 4 is 39.9 Å². The van der Waals surface area contributed by atoms with Gasteiger partial charge in [0, 0.05) is 21.7 Å². The molecule has 1 N–H and O–H groups in total. The van der Waals surface area contributed by atoms with Gasteiger partial charge in [0.25, 0.3) is 0 Å². The molecule has 1 aromatic carbocycles. The average molecular weight is 242 g/mol. The number of benzene rings is 1. The second kappa shape index (κ2) is 3.54. The highest BCUT2D eigenvalue weighted by molar-refractivity contribution is 6.39. The third-order valence-corrected chi connectivity index (χ3v) is 2.88. The lowest BCUT2D eigenvalue weighted by atomic mass is 10.1. The van der Waals surface area contributed by atoms with E-state index in [4.69, 9.17) is 23.2 Å². The van der Waals surface area contributed by atoms with Crippen molar-refractivity contribution in [3.63, 3.8) is 0 Å². The van der Waals surface area contributed by atoms with E-state index in [2.05, 4.69) is 4.98 Å². The van der Waals surface area contributed by atoms with Gasteiger partial charge in [0.1, 0.15) is 0 Å². The highest BCUT2D eigenvalue weighted by atomic mass is 35.5. The molecule has 0 unspecified atom stereocenters. The van der Waals surface area contributed by atoms with E-state index >= 15 is 0 Å². The Morgan fingerprint density at radius 1 is 1.33 bits per heavy atom. The van der Waals surface area contributed by atoms with Gasteiger partial charge in [-0.2, -0.15) is 0 Å². The van der Waals surface area contributed by atoms with Gasteiger partial charge in [0.15, 0.2) is 5.78 Å². The number of carbonyl (C=O) groups is 1. The summed E-state index contributed by atoms with van der Waals surface area (Å²) in [5.41, 5.74) is 2.25. The Balaban J connectivity index is 2.93. The van der Waals surface area contributed by atoms with E-state index in [0.29, 0.717) is 15.6 Å². The van der Waals surface area contributed by atoms with Crippen LogP contribution >= 0.6 is 23.2 Å². The number of ketones is 1. The molecule has 0 atom stereocenters. The van der Waals surface area contributed by atoms with E-state index in [1.807, 2.05) is 6.92 Å². The summed E-state index contributed by atoms with van der Waals surface area (Å²) in [6.45, 7) is 3.38. The summed E-state index contributed by atoms with van der Waals surface area (Å²) in [4.78, 5) is 14.6. The molecule has 0 aliphatic carbocycles. The zero-order chi connectivity index (χ0) is 11.2. The van der Waals surface area contributed by atoms with Gasteiger partial charge in [-0.15, -0.1) is 0 Å². The first-order valence-electron chi connectivity index (χ1n) is 4.49. The molecule has 2 nitrogen and oxygen atoms in total. The van der Waals surface area contributed by atoms with Crippen LogP contribution < -0.4 is 0 Å². The minimum Gasteiger partial charge on any atom is -0.357 e. The number of nitrogens with one attached hydrogen (secondary N) is 1. The largest absolute Gasteiger partial charge is 0.357 e. The first kappa shape index (κ1) is 10.5. The van der Waals surface area contributed by atoms with E-state index < -0.39 is 0 Å².